The lowest BCUT2D eigenvalue weighted by Crippen LogP contribution is -2.01. The maximum Gasteiger partial charge on any atom is 0.0607 e. The van der Waals surface area contributed by atoms with Crippen molar-refractivity contribution in [3.8, 4) is 0 Å². The molecule has 0 heterocycles. The first-order valence-electron chi connectivity index (χ1n) is 5.16. The normalized spacial score (nSPS) is 13.1. The van der Waals surface area contributed by atoms with Gasteiger partial charge in [0.1, 0.15) is 0 Å². The minimum absolute atomic E-state index is 0.689. The lowest BCUT2D eigenvalue weighted by atomic mass is 10.4. The summed E-state index contributed by atoms with van der Waals surface area (Å²) in [6.45, 7) is 0. The molecule has 2 rings (SSSR count). The summed E-state index contributed by atoms with van der Waals surface area (Å²) in [5, 5.41) is 2.39. The number of hydrogen-bond donors (Lipinski definition) is 1. The maximum atomic E-state index is 10.1. The van der Waals surface area contributed by atoms with E-state index < -0.39 is 8.15 Å². The van der Waals surface area contributed by atoms with E-state index in [9.17, 15) is 4.89 Å². The average molecular weight is 248 g/mol. The molecule has 0 aromatic heterocycles. The highest BCUT2D eigenvalue weighted by Gasteiger charge is 2.06. The first-order chi connectivity index (χ1) is 7.86. The van der Waals surface area contributed by atoms with Crippen LogP contribution in [0.15, 0.2) is 60.7 Å². The monoisotopic (exact) mass is 248 g/mol. The number of benzene rings is 2. The molecule has 0 aliphatic rings. The fourth-order valence-corrected chi connectivity index (χ4v) is 4.42. The third-order valence-electron chi connectivity index (χ3n) is 2.26. The van der Waals surface area contributed by atoms with E-state index in [1.54, 1.807) is 0 Å². The second-order valence-corrected chi connectivity index (χ2v) is 6.95. The molecule has 0 spiro atoms. The van der Waals surface area contributed by atoms with E-state index >= 15 is 0 Å². The predicted molar refractivity (Wildman–Crippen MR) is 74.5 cm³/mol. The summed E-state index contributed by atoms with van der Waals surface area (Å²) in [5.41, 5.74) is 0. The van der Waals surface area contributed by atoms with Crippen LogP contribution in [0, 0.1) is 0 Å². The van der Waals surface area contributed by atoms with Gasteiger partial charge in [0.05, 0.1) is 8.15 Å². The van der Waals surface area contributed by atoms with Crippen LogP contribution in [-0.2, 0) is 0 Å². The number of rotatable bonds is 4. The highest BCUT2D eigenvalue weighted by molar-refractivity contribution is 7.71. The maximum absolute atomic E-state index is 10.1. The predicted octanol–water partition coefficient (Wildman–Crippen LogP) is 2.66. The van der Waals surface area contributed by atoms with Crippen molar-refractivity contribution >= 4 is 27.3 Å². The topological polar surface area (TPSA) is 20.2 Å². The van der Waals surface area contributed by atoms with Crippen molar-refractivity contribution in [3.63, 3.8) is 0 Å². The molecule has 0 aliphatic heterocycles. The molecule has 0 radical (unpaired) electrons. The van der Waals surface area contributed by atoms with Gasteiger partial charge in [-0.05, 0) is 5.30 Å². The van der Waals surface area contributed by atoms with Crippen LogP contribution in [0.4, 0.5) is 0 Å². The van der Waals surface area contributed by atoms with Crippen molar-refractivity contribution in [2.75, 3.05) is 5.90 Å². The molecule has 0 bridgehead atoms. The average Bonchev–Trinajstić information content (AvgIpc) is 2.38. The van der Waals surface area contributed by atoms with E-state index in [0.717, 1.165) is 11.2 Å². The third kappa shape index (κ3) is 3.39. The Morgan fingerprint density at radius 3 is 2.06 bits per heavy atom. The summed E-state index contributed by atoms with van der Waals surface area (Å²) in [4.78, 5) is 10.1. The zero-order chi connectivity index (χ0) is 11.2. The Hall–Kier alpha value is -0.740. The van der Waals surface area contributed by atoms with E-state index in [1.807, 2.05) is 48.5 Å². The van der Waals surface area contributed by atoms with Gasteiger partial charge in [-0.1, -0.05) is 69.2 Å². The zero-order valence-corrected chi connectivity index (χ0v) is 10.8. The molecular weight excluding hydrogens is 234 g/mol. The van der Waals surface area contributed by atoms with Gasteiger partial charge in [0.25, 0.3) is 0 Å². The van der Waals surface area contributed by atoms with Crippen LogP contribution in [0.1, 0.15) is 0 Å². The van der Waals surface area contributed by atoms with E-state index in [2.05, 4.69) is 12.1 Å². The minimum Gasteiger partial charge on any atom is -0.369 e. The van der Waals surface area contributed by atoms with E-state index in [0.29, 0.717) is 8.58 Å². The van der Waals surface area contributed by atoms with Crippen molar-refractivity contribution in [3.05, 3.63) is 60.7 Å². The summed E-state index contributed by atoms with van der Waals surface area (Å²) < 4.78 is 0. The molecule has 16 heavy (non-hydrogen) atoms. The molecule has 82 valence electrons. The molecule has 2 unspecified atom stereocenters. The zero-order valence-electron chi connectivity index (χ0n) is 8.88. The molecule has 0 saturated heterocycles. The van der Waals surface area contributed by atoms with E-state index in [-0.39, 0.29) is 0 Å². The SMILES string of the molecule is OP(CPc1ccccc1)c1ccccc1. The van der Waals surface area contributed by atoms with Crippen molar-refractivity contribution < 1.29 is 4.89 Å². The fraction of sp³-hybridized carbons (Fsp3) is 0.0769. The van der Waals surface area contributed by atoms with Crippen molar-refractivity contribution in [2.45, 2.75) is 0 Å². The Morgan fingerprint density at radius 2 is 1.44 bits per heavy atom. The minimum atomic E-state index is -0.987. The summed E-state index contributed by atoms with van der Waals surface area (Å²) in [6.07, 6.45) is 0. The Morgan fingerprint density at radius 1 is 0.875 bits per heavy atom. The van der Waals surface area contributed by atoms with E-state index in [1.165, 1.54) is 5.30 Å². The second kappa shape index (κ2) is 6.11. The summed E-state index contributed by atoms with van der Waals surface area (Å²) >= 11 is 0. The Balaban J connectivity index is 1.92. The van der Waals surface area contributed by atoms with Crippen molar-refractivity contribution in [1.29, 1.82) is 0 Å². The van der Waals surface area contributed by atoms with Crippen LogP contribution in [0.5, 0.6) is 0 Å². The summed E-state index contributed by atoms with van der Waals surface area (Å²) in [6, 6.07) is 20.3. The van der Waals surface area contributed by atoms with Crippen LogP contribution in [0.3, 0.4) is 0 Å². The molecule has 1 nitrogen and oxygen atoms in total. The summed E-state index contributed by atoms with van der Waals surface area (Å²) in [5.74, 6) is 0.864. The highest BCUT2D eigenvalue weighted by atomic mass is 31.2. The van der Waals surface area contributed by atoms with Gasteiger partial charge in [-0.15, -0.1) is 0 Å². The van der Waals surface area contributed by atoms with Crippen LogP contribution < -0.4 is 10.6 Å². The van der Waals surface area contributed by atoms with Gasteiger partial charge in [-0.2, -0.15) is 0 Å². The highest BCUT2D eigenvalue weighted by Crippen LogP contribution is 2.35. The largest absolute Gasteiger partial charge is 0.369 e. The van der Waals surface area contributed by atoms with E-state index in [4.69, 9.17) is 0 Å². The molecule has 1 N–H and O–H groups in total. The molecule has 0 amide bonds. The standard InChI is InChI=1S/C13H14OP2/c14-16(13-9-5-2-6-10-13)11-15-12-7-3-1-4-8-12/h1-10,14-15H,11H2. The third-order valence-corrected chi connectivity index (χ3v) is 5.73. The molecular formula is C13H14OP2. The molecule has 2 aromatic rings. The Kier molecular flexibility index (Phi) is 4.48. The lowest BCUT2D eigenvalue weighted by Gasteiger charge is -2.10. The molecule has 3 heteroatoms. The van der Waals surface area contributed by atoms with Gasteiger partial charge in [0.15, 0.2) is 0 Å². The second-order valence-electron chi connectivity index (χ2n) is 3.44. The lowest BCUT2D eigenvalue weighted by molar-refractivity contribution is 0.639. The van der Waals surface area contributed by atoms with Gasteiger partial charge >= 0.3 is 0 Å². The molecule has 0 aliphatic carbocycles. The molecule has 2 aromatic carbocycles. The smallest absolute Gasteiger partial charge is 0.0607 e. The molecule has 0 fully saturated rings. The molecule has 0 saturated carbocycles. The Labute approximate surface area is 99.1 Å². The van der Waals surface area contributed by atoms with Crippen molar-refractivity contribution in [1.82, 2.24) is 0 Å². The van der Waals surface area contributed by atoms with Gasteiger partial charge in [-0.3, -0.25) is 0 Å². The van der Waals surface area contributed by atoms with Crippen LogP contribution in [0.25, 0.3) is 0 Å². The first-order valence-corrected chi connectivity index (χ1v) is 7.85. The fourth-order valence-electron chi connectivity index (χ4n) is 1.41. The van der Waals surface area contributed by atoms with Crippen LogP contribution in [-0.4, -0.2) is 10.8 Å². The van der Waals surface area contributed by atoms with Gasteiger partial charge in [0, 0.05) is 11.2 Å². The first kappa shape index (κ1) is 11.7. The quantitative estimate of drug-likeness (QED) is 0.825. The van der Waals surface area contributed by atoms with Gasteiger partial charge < -0.3 is 4.89 Å². The number of hydrogen-bond acceptors (Lipinski definition) is 1. The van der Waals surface area contributed by atoms with Gasteiger partial charge in [-0.25, -0.2) is 0 Å². The Bertz CT molecular complexity index is 416. The summed E-state index contributed by atoms with van der Waals surface area (Å²) in [7, 11) is -0.298. The van der Waals surface area contributed by atoms with Crippen LogP contribution in [0.2, 0.25) is 0 Å². The molecule has 2 atom stereocenters. The van der Waals surface area contributed by atoms with Crippen LogP contribution >= 0.6 is 16.7 Å². The van der Waals surface area contributed by atoms with Crippen molar-refractivity contribution in [2.24, 2.45) is 0 Å². The van der Waals surface area contributed by atoms with Gasteiger partial charge in [0.2, 0.25) is 0 Å².